The fourth-order valence-electron chi connectivity index (χ4n) is 1.19. The molecule has 0 bridgehead atoms. The first kappa shape index (κ1) is 13.0. The Hall–Kier alpha value is -1.04. The van der Waals surface area contributed by atoms with Crippen molar-refractivity contribution in [1.82, 2.24) is 0 Å². The van der Waals surface area contributed by atoms with E-state index in [0.717, 1.165) is 6.26 Å². The van der Waals surface area contributed by atoms with E-state index in [0.29, 0.717) is 5.56 Å². The maximum absolute atomic E-state index is 11.9. The summed E-state index contributed by atoms with van der Waals surface area (Å²) in [5.41, 5.74) is 0.477. The van der Waals surface area contributed by atoms with E-state index in [1.54, 1.807) is 0 Å². The van der Waals surface area contributed by atoms with Gasteiger partial charge in [0.2, 0.25) is 0 Å². The molecule has 1 aromatic rings. The van der Waals surface area contributed by atoms with Gasteiger partial charge in [0.1, 0.15) is 0 Å². The summed E-state index contributed by atoms with van der Waals surface area (Å²) in [5.74, 6) is 0. The highest BCUT2D eigenvalue weighted by atomic mass is 32.2. The molecular formula is C10H11F3O2S. The zero-order valence-electron chi connectivity index (χ0n) is 8.58. The van der Waals surface area contributed by atoms with E-state index in [1.165, 1.54) is 24.3 Å². The van der Waals surface area contributed by atoms with E-state index < -0.39 is 22.4 Å². The van der Waals surface area contributed by atoms with Crippen LogP contribution in [0.5, 0.6) is 0 Å². The van der Waals surface area contributed by atoms with Crippen LogP contribution in [0.2, 0.25) is 0 Å². The molecular weight excluding hydrogens is 241 g/mol. The number of sulfone groups is 1. The molecule has 0 aliphatic carbocycles. The van der Waals surface area contributed by atoms with Gasteiger partial charge >= 0.3 is 6.18 Å². The van der Waals surface area contributed by atoms with Crippen molar-refractivity contribution in [1.29, 1.82) is 0 Å². The minimum Gasteiger partial charge on any atom is -0.224 e. The predicted octanol–water partition coefficient (Wildman–Crippen LogP) is 2.59. The maximum atomic E-state index is 11.9. The summed E-state index contributed by atoms with van der Waals surface area (Å²) in [6, 6.07) is 5.45. The second kappa shape index (κ2) is 4.45. The fraction of sp³-hybridized carbons (Fsp3) is 0.400. The SMILES string of the molecule is CS(=O)(=O)c1ccc(CCC(F)(F)F)cc1. The van der Waals surface area contributed by atoms with Crippen LogP contribution in [0.3, 0.4) is 0 Å². The summed E-state index contributed by atoms with van der Waals surface area (Å²) in [6.07, 6.45) is -4.16. The van der Waals surface area contributed by atoms with Crippen molar-refractivity contribution in [2.24, 2.45) is 0 Å². The third kappa shape index (κ3) is 4.22. The van der Waals surface area contributed by atoms with Crippen LogP contribution in [0.1, 0.15) is 12.0 Å². The fourth-order valence-corrected chi connectivity index (χ4v) is 1.82. The number of benzene rings is 1. The molecule has 0 saturated carbocycles. The zero-order valence-corrected chi connectivity index (χ0v) is 9.40. The third-order valence-corrected chi connectivity index (χ3v) is 3.18. The van der Waals surface area contributed by atoms with Crippen LogP contribution in [0, 0.1) is 0 Å². The molecule has 0 amide bonds. The molecule has 0 aromatic heterocycles. The van der Waals surface area contributed by atoms with Gasteiger partial charge in [-0.25, -0.2) is 8.42 Å². The van der Waals surface area contributed by atoms with Crippen LogP contribution < -0.4 is 0 Å². The van der Waals surface area contributed by atoms with Gasteiger partial charge in [0.15, 0.2) is 9.84 Å². The van der Waals surface area contributed by atoms with Crippen molar-refractivity contribution in [3.8, 4) is 0 Å². The van der Waals surface area contributed by atoms with Crippen molar-refractivity contribution in [2.75, 3.05) is 6.26 Å². The molecule has 0 aliphatic rings. The van der Waals surface area contributed by atoms with Gasteiger partial charge in [-0.05, 0) is 24.1 Å². The smallest absolute Gasteiger partial charge is 0.224 e. The molecule has 2 nitrogen and oxygen atoms in total. The first-order chi connectivity index (χ1) is 7.18. The van der Waals surface area contributed by atoms with Crippen LogP contribution in [0.4, 0.5) is 13.2 Å². The molecule has 90 valence electrons. The van der Waals surface area contributed by atoms with E-state index in [-0.39, 0.29) is 11.3 Å². The largest absolute Gasteiger partial charge is 0.389 e. The lowest BCUT2D eigenvalue weighted by Gasteiger charge is -2.06. The number of rotatable bonds is 3. The highest BCUT2D eigenvalue weighted by molar-refractivity contribution is 7.90. The highest BCUT2D eigenvalue weighted by Gasteiger charge is 2.26. The van der Waals surface area contributed by atoms with Gasteiger partial charge < -0.3 is 0 Å². The molecule has 0 saturated heterocycles. The monoisotopic (exact) mass is 252 g/mol. The van der Waals surface area contributed by atoms with E-state index in [4.69, 9.17) is 0 Å². The van der Waals surface area contributed by atoms with Crippen LogP contribution in [0.15, 0.2) is 29.2 Å². The topological polar surface area (TPSA) is 34.1 Å². The summed E-state index contributed by atoms with van der Waals surface area (Å²) in [4.78, 5) is 0.114. The molecule has 1 aromatic carbocycles. The van der Waals surface area contributed by atoms with Crippen LogP contribution >= 0.6 is 0 Å². The van der Waals surface area contributed by atoms with E-state index in [2.05, 4.69) is 0 Å². The van der Waals surface area contributed by atoms with Gasteiger partial charge in [-0.15, -0.1) is 0 Å². The van der Waals surface area contributed by atoms with E-state index >= 15 is 0 Å². The predicted molar refractivity (Wildman–Crippen MR) is 53.9 cm³/mol. The number of hydrogen-bond donors (Lipinski definition) is 0. The lowest BCUT2D eigenvalue weighted by molar-refractivity contribution is -0.133. The van der Waals surface area contributed by atoms with Gasteiger partial charge in [-0.2, -0.15) is 13.2 Å². The number of hydrogen-bond acceptors (Lipinski definition) is 2. The average Bonchev–Trinajstić information content (AvgIpc) is 2.13. The van der Waals surface area contributed by atoms with Gasteiger partial charge in [0.05, 0.1) is 4.90 Å². The van der Waals surface area contributed by atoms with Gasteiger partial charge in [0, 0.05) is 12.7 Å². The van der Waals surface area contributed by atoms with Crippen LogP contribution in [0.25, 0.3) is 0 Å². The molecule has 0 unspecified atom stereocenters. The van der Waals surface area contributed by atoms with E-state index in [1.807, 2.05) is 0 Å². The molecule has 0 N–H and O–H groups in total. The van der Waals surface area contributed by atoms with E-state index in [9.17, 15) is 21.6 Å². The van der Waals surface area contributed by atoms with Crippen molar-refractivity contribution < 1.29 is 21.6 Å². The van der Waals surface area contributed by atoms with Crippen molar-refractivity contribution >= 4 is 9.84 Å². The van der Waals surface area contributed by atoms with Crippen molar-refractivity contribution in [3.05, 3.63) is 29.8 Å². The Bertz CT molecular complexity index is 446. The molecule has 0 heterocycles. The van der Waals surface area contributed by atoms with Crippen LogP contribution in [-0.4, -0.2) is 20.8 Å². The molecule has 0 radical (unpaired) electrons. The molecule has 16 heavy (non-hydrogen) atoms. The third-order valence-electron chi connectivity index (χ3n) is 2.05. The molecule has 0 fully saturated rings. The lowest BCUT2D eigenvalue weighted by Crippen LogP contribution is -2.08. The standard InChI is InChI=1S/C10H11F3O2S/c1-16(14,15)9-4-2-8(3-5-9)6-7-10(11,12)13/h2-5H,6-7H2,1H3. The quantitative estimate of drug-likeness (QED) is 0.828. The summed E-state index contributed by atoms with van der Waals surface area (Å²) in [7, 11) is -3.29. The van der Waals surface area contributed by atoms with Gasteiger partial charge in [0.25, 0.3) is 0 Å². The Kier molecular flexibility index (Phi) is 3.62. The number of halogens is 3. The Balaban J connectivity index is 2.73. The Morgan fingerprint density at radius 2 is 1.62 bits per heavy atom. The molecule has 0 aliphatic heterocycles. The molecule has 0 atom stereocenters. The lowest BCUT2D eigenvalue weighted by atomic mass is 10.1. The normalized spacial score (nSPS) is 12.8. The highest BCUT2D eigenvalue weighted by Crippen LogP contribution is 2.22. The van der Waals surface area contributed by atoms with Crippen molar-refractivity contribution in [3.63, 3.8) is 0 Å². The minimum absolute atomic E-state index is 0.114. The molecule has 1 rings (SSSR count). The van der Waals surface area contributed by atoms with Crippen LogP contribution in [-0.2, 0) is 16.3 Å². The average molecular weight is 252 g/mol. The number of aryl methyl sites for hydroxylation is 1. The zero-order chi connectivity index (χ0) is 12.4. The Labute approximate surface area is 92.0 Å². The molecule has 0 spiro atoms. The first-order valence-corrected chi connectivity index (χ1v) is 6.43. The summed E-state index contributed by atoms with van der Waals surface area (Å²) in [5, 5.41) is 0. The second-order valence-corrected chi connectivity index (χ2v) is 5.55. The van der Waals surface area contributed by atoms with Gasteiger partial charge in [-0.3, -0.25) is 0 Å². The number of alkyl halides is 3. The summed E-state index contributed by atoms with van der Waals surface area (Å²) < 4.78 is 57.9. The van der Waals surface area contributed by atoms with Gasteiger partial charge in [-0.1, -0.05) is 12.1 Å². The molecule has 6 heteroatoms. The second-order valence-electron chi connectivity index (χ2n) is 3.53. The summed E-state index contributed by atoms with van der Waals surface area (Å²) in [6.45, 7) is 0. The summed E-state index contributed by atoms with van der Waals surface area (Å²) >= 11 is 0. The maximum Gasteiger partial charge on any atom is 0.389 e. The Morgan fingerprint density at radius 3 is 2.00 bits per heavy atom. The first-order valence-electron chi connectivity index (χ1n) is 4.54. The minimum atomic E-state index is -4.19. The Morgan fingerprint density at radius 1 is 1.12 bits per heavy atom. The van der Waals surface area contributed by atoms with Crippen molar-refractivity contribution in [2.45, 2.75) is 23.9 Å².